The number of halogens is 1. The van der Waals surface area contributed by atoms with Crippen LogP contribution in [0.3, 0.4) is 0 Å². The smallest absolute Gasteiger partial charge is 0.359 e. The molecule has 0 amide bonds. The lowest BCUT2D eigenvalue weighted by molar-refractivity contribution is 0.0508. The number of pyridine rings is 2. The van der Waals surface area contributed by atoms with Crippen LogP contribution >= 0.6 is 22.6 Å². The van der Waals surface area contributed by atoms with Crippen LogP contribution in [0, 0.1) is 3.83 Å². The van der Waals surface area contributed by atoms with E-state index in [2.05, 4.69) is 68.0 Å². The van der Waals surface area contributed by atoms with E-state index >= 15 is 0 Å². The van der Waals surface area contributed by atoms with Gasteiger partial charge in [-0.15, -0.1) is 0 Å². The van der Waals surface area contributed by atoms with Crippen LogP contribution in [0.15, 0.2) is 61.2 Å². The first kappa shape index (κ1) is 36.9. The molecule has 0 aromatic carbocycles. The Bertz CT molecular complexity index is 2240. The Balaban J connectivity index is 0.000000157. The lowest BCUT2D eigenvalue weighted by Crippen LogP contribution is -2.12. The molecule has 16 nitrogen and oxygen atoms in total. The van der Waals surface area contributed by atoms with Crippen molar-refractivity contribution < 1.29 is 19.1 Å². The highest BCUT2D eigenvalue weighted by Gasteiger charge is 2.30. The molecule has 0 bridgehead atoms. The molecule has 3 N–H and O–H groups in total. The molecule has 0 fully saturated rings. The van der Waals surface area contributed by atoms with Gasteiger partial charge in [0, 0.05) is 72.6 Å². The number of carbonyl (C=O) groups excluding carboxylic acids is 2. The first-order chi connectivity index (χ1) is 25.7. The predicted octanol–water partition coefficient (Wildman–Crippen LogP) is 4.71. The molecular weight excluding hydrogens is 791 g/mol. The molecule has 2 aliphatic carbocycles. The summed E-state index contributed by atoms with van der Waals surface area (Å²) in [5.41, 5.74) is 13.3. The number of aryl methyl sites for hydroxylation is 4. The fourth-order valence-electron chi connectivity index (χ4n) is 6.00. The third-order valence-electron chi connectivity index (χ3n) is 8.26. The molecule has 2 aliphatic rings. The largest absolute Gasteiger partial charge is 0.461 e. The molecule has 0 radical (unpaired) electrons. The molecule has 6 aromatic rings. The second-order valence-electron chi connectivity index (χ2n) is 11.7. The number of fused-ring (bicyclic) bond motifs is 6. The van der Waals surface area contributed by atoms with Crippen LogP contribution in [0.4, 0.5) is 17.6 Å². The van der Waals surface area contributed by atoms with Gasteiger partial charge in [0.2, 0.25) is 5.95 Å². The van der Waals surface area contributed by atoms with Crippen LogP contribution < -0.4 is 11.1 Å². The highest BCUT2D eigenvalue weighted by atomic mass is 127. The average molecular weight is 829 g/mol. The SMILES string of the molecule is CCOC(=O)c1nn(C)c2c1CCc1cnc(I)nc1-2.CCOC(=O)c1nn(C)c2c1CCc1cnc(Nc3ccccn3)nc1-2.Nc1ccccn1. The molecule has 6 heterocycles. The third kappa shape index (κ3) is 8.29. The van der Waals surface area contributed by atoms with Gasteiger partial charge >= 0.3 is 11.9 Å². The minimum atomic E-state index is -0.395. The quantitative estimate of drug-likeness (QED) is 0.133. The molecule has 6 aromatic heterocycles. The van der Waals surface area contributed by atoms with Gasteiger partial charge in [-0.25, -0.2) is 39.5 Å². The van der Waals surface area contributed by atoms with Crippen molar-refractivity contribution in [3.05, 3.63) is 98.7 Å². The lowest BCUT2D eigenvalue weighted by atomic mass is 9.93. The first-order valence-electron chi connectivity index (χ1n) is 16.9. The van der Waals surface area contributed by atoms with Crippen LogP contribution in [0.25, 0.3) is 22.8 Å². The summed E-state index contributed by atoms with van der Waals surface area (Å²) in [6, 6.07) is 11.0. The van der Waals surface area contributed by atoms with Crippen molar-refractivity contribution in [3.8, 4) is 22.8 Å². The van der Waals surface area contributed by atoms with E-state index in [0.717, 1.165) is 64.3 Å². The zero-order valence-corrected chi connectivity index (χ0v) is 31.7. The second kappa shape index (κ2) is 16.7. The summed E-state index contributed by atoms with van der Waals surface area (Å²) < 4.78 is 14.3. The summed E-state index contributed by atoms with van der Waals surface area (Å²) in [7, 11) is 3.64. The van der Waals surface area contributed by atoms with Crippen LogP contribution in [0.1, 0.15) is 57.1 Å². The van der Waals surface area contributed by atoms with Crippen molar-refractivity contribution in [2.75, 3.05) is 24.3 Å². The fraction of sp³-hybridized carbons (Fsp3) is 0.278. The summed E-state index contributed by atoms with van der Waals surface area (Å²) in [5.74, 6) is 0.933. The Labute approximate surface area is 318 Å². The number of ether oxygens (including phenoxy) is 2. The van der Waals surface area contributed by atoms with E-state index in [1.165, 1.54) is 0 Å². The number of hydrogen-bond donors (Lipinski definition) is 2. The maximum Gasteiger partial charge on any atom is 0.359 e. The Kier molecular flexibility index (Phi) is 11.6. The number of nitrogen functional groups attached to an aromatic ring is 1. The molecule has 0 spiro atoms. The van der Waals surface area contributed by atoms with Gasteiger partial charge in [-0.2, -0.15) is 10.2 Å². The first-order valence-corrected chi connectivity index (χ1v) is 17.9. The van der Waals surface area contributed by atoms with Crippen molar-refractivity contribution in [1.29, 1.82) is 0 Å². The highest BCUT2D eigenvalue weighted by Crippen LogP contribution is 2.35. The van der Waals surface area contributed by atoms with Crippen LogP contribution in [-0.4, -0.2) is 74.6 Å². The number of hydrogen-bond acceptors (Lipinski definition) is 14. The molecule has 0 unspecified atom stereocenters. The van der Waals surface area contributed by atoms with E-state index in [4.69, 9.17) is 15.2 Å². The van der Waals surface area contributed by atoms with Gasteiger partial charge in [0.25, 0.3) is 0 Å². The molecule has 0 saturated carbocycles. The Morgan fingerprint density at radius 3 is 1.79 bits per heavy atom. The van der Waals surface area contributed by atoms with E-state index in [-0.39, 0.29) is 5.97 Å². The standard InChI is InChI=1S/C18H18N6O2.C13H13IN4O2.C5H6N2/c1-3-26-17(25)15-12-8-7-11-10-20-18(21-13-6-4-5-9-19-13)22-14(11)16(12)24(2)23-15;1-3-20-12(19)10-8-5-4-7-6-15-13(14)16-9(7)11(8)18(2)17-10;6-5-3-1-2-4-7-5/h4-6,9-10H,3,7-8H2,1-2H3,(H,19,20,21,22);6H,3-5H2,1-2H3;1-4H,(H2,6,7). The zero-order chi connectivity index (χ0) is 37.5. The number of esters is 2. The topological polar surface area (TPSA) is 204 Å². The maximum absolute atomic E-state index is 12.2. The number of rotatable bonds is 6. The van der Waals surface area contributed by atoms with Crippen LogP contribution in [0.2, 0.25) is 0 Å². The van der Waals surface area contributed by atoms with Crippen molar-refractivity contribution in [2.24, 2.45) is 14.1 Å². The van der Waals surface area contributed by atoms with E-state index < -0.39 is 5.97 Å². The monoisotopic (exact) mass is 828 g/mol. The number of nitrogens with zero attached hydrogens (tertiary/aromatic N) is 10. The molecular formula is C36H37IN12O4. The van der Waals surface area contributed by atoms with Gasteiger partial charge in [-0.3, -0.25) is 9.36 Å². The summed E-state index contributed by atoms with van der Waals surface area (Å²) in [6.45, 7) is 4.24. The zero-order valence-electron chi connectivity index (χ0n) is 29.6. The van der Waals surface area contributed by atoms with Gasteiger partial charge in [0.05, 0.1) is 36.0 Å². The van der Waals surface area contributed by atoms with Crippen LogP contribution in [-0.2, 0) is 49.3 Å². The maximum atomic E-state index is 12.2. The summed E-state index contributed by atoms with van der Waals surface area (Å²) in [4.78, 5) is 49.9. The Hall–Kier alpha value is -5.85. The summed E-state index contributed by atoms with van der Waals surface area (Å²) in [6.07, 6.45) is 10.1. The molecule has 17 heteroatoms. The predicted molar refractivity (Wildman–Crippen MR) is 204 cm³/mol. The van der Waals surface area contributed by atoms with E-state index in [1.807, 2.05) is 56.8 Å². The highest BCUT2D eigenvalue weighted by molar-refractivity contribution is 14.1. The number of nitrogens with one attached hydrogen (secondary N) is 1. The van der Waals surface area contributed by atoms with E-state index in [1.54, 1.807) is 41.7 Å². The van der Waals surface area contributed by atoms with E-state index in [0.29, 0.717) is 52.4 Å². The minimum Gasteiger partial charge on any atom is -0.461 e. The molecule has 0 aliphatic heterocycles. The van der Waals surface area contributed by atoms with Gasteiger partial charge in [-0.05, 0) is 74.9 Å². The molecule has 53 heavy (non-hydrogen) atoms. The summed E-state index contributed by atoms with van der Waals surface area (Å²) >= 11 is 2.09. The van der Waals surface area contributed by atoms with Gasteiger partial charge in [0.1, 0.15) is 11.6 Å². The molecule has 8 rings (SSSR count). The van der Waals surface area contributed by atoms with E-state index in [9.17, 15) is 9.59 Å². The van der Waals surface area contributed by atoms with Gasteiger partial charge in [-0.1, -0.05) is 12.1 Å². The van der Waals surface area contributed by atoms with Crippen molar-refractivity contribution in [3.63, 3.8) is 0 Å². The van der Waals surface area contributed by atoms with Crippen molar-refractivity contribution >= 4 is 52.1 Å². The normalized spacial score (nSPS) is 11.9. The van der Waals surface area contributed by atoms with Gasteiger partial charge < -0.3 is 20.5 Å². The number of carbonyl (C=O) groups is 2. The summed E-state index contributed by atoms with van der Waals surface area (Å²) in [5, 5.41) is 11.8. The number of anilines is 3. The third-order valence-corrected chi connectivity index (χ3v) is 8.78. The number of nitrogens with two attached hydrogens (primary N) is 1. The Morgan fingerprint density at radius 2 is 1.30 bits per heavy atom. The fourth-order valence-corrected chi connectivity index (χ4v) is 6.38. The van der Waals surface area contributed by atoms with Gasteiger partial charge in [0.15, 0.2) is 15.2 Å². The average Bonchev–Trinajstić information content (AvgIpc) is 3.70. The minimum absolute atomic E-state index is 0.321. The van der Waals surface area contributed by atoms with Crippen LogP contribution in [0.5, 0.6) is 0 Å². The number of aromatic nitrogens is 10. The van der Waals surface area contributed by atoms with Crippen molar-refractivity contribution in [1.82, 2.24) is 49.5 Å². The molecule has 0 saturated heterocycles. The lowest BCUT2D eigenvalue weighted by Gasteiger charge is -2.17. The molecule has 272 valence electrons. The second-order valence-corrected chi connectivity index (χ2v) is 12.7. The Morgan fingerprint density at radius 1 is 0.755 bits per heavy atom. The van der Waals surface area contributed by atoms with Crippen molar-refractivity contribution in [2.45, 2.75) is 39.5 Å². The molecule has 0 atom stereocenters.